The van der Waals surface area contributed by atoms with Crippen molar-refractivity contribution in [2.24, 2.45) is 11.8 Å². The monoisotopic (exact) mass is 382 g/mol. The molecule has 0 aliphatic rings. The topological polar surface area (TPSA) is 74.2 Å². The zero-order valence-electron chi connectivity index (χ0n) is 17.1. The highest BCUT2D eigenvalue weighted by molar-refractivity contribution is 5.71. The van der Waals surface area contributed by atoms with Crippen LogP contribution in [-0.2, 0) is 30.3 Å². The number of carbonyl (C=O) groups excluding carboxylic acids is 1. The second kappa shape index (κ2) is 12.8. The average molecular weight is 382 g/mol. The molecule has 6 heteroatoms. The van der Waals surface area contributed by atoms with E-state index < -0.39 is 6.10 Å². The Bertz CT molecular complexity index is 528. The maximum atomic E-state index is 11.3. The summed E-state index contributed by atoms with van der Waals surface area (Å²) < 4.78 is 21.5. The highest BCUT2D eigenvalue weighted by Crippen LogP contribution is 2.16. The van der Waals surface area contributed by atoms with Crippen LogP contribution < -0.4 is 0 Å². The molecule has 0 fully saturated rings. The van der Waals surface area contributed by atoms with E-state index in [9.17, 15) is 9.90 Å². The molecule has 6 nitrogen and oxygen atoms in total. The largest absolute Gasteiger partial charge is 0.463 e. The molecule has 0 aliphatic heterocycles. The fourth-order valence-corrected chi connectivity index (χ4v) is 2.25. The summed E-state index contributed by atoms with van der Waals surface area (Å²) in [5.41, 5.74) is 2.25. The summed E-state index contributed by atoms with van der Waals surface area (Å²) in [6.07, 6.45) is -0.727. The molecule has 0 amide bonds. The fourth-order valence-electron chi connectivity index (χ4n) is 2.25. The highest BCUT2D eigenvalue weighted by Gasteiger charge is 2.13. The van der Waals surface area contributed by atoms with Crippen molar-refractivity contribution in [3.63, 3.8) is 0 Å². The first-order valence-electron chi connectivity index (χ1n) is 9.45. The number of aliphatic hydroxyl groups is 1. The molecule has 0 saturated heterocycles. The molecule has 3 unspecified atom stereocenters. The van der Waals surface area contributed by atoms with Crippen molar-refractivity contribution in [2.45, 2.75) is 46.5 Å². The van der Waals surface area contributed by atoms with E-state index in [1.807, 2.05) is 38.1 Å². The van der Waals surface area contributed by atoms with Crippen LogP contribution in [0.5, 0.6) is 0 Å². The smallest absolute Gasteiger partial charge is 0.308 e. The van der Waals surface area contributed by atoms with E-state index in [2.05, 4.69) is 0 Å². The van der Waals surface area contributed by atoms with Crippen LogP contribution in [-0.4, -0.2) is 50.7 Å². The number of hydrogen-bond acceptors (Lipinski definition) is 6. The van der Waals surface area contributed by atoms with Crippen molar-refractivity contribution in [2.75, 3.05) is 33.5 Å². The molecule has 0 bridgehead atoms. The minimum atomic E-state index is -0.811. The van der Waals surface area contributed by atoms with Crippen LogP contribution in [0.25, 0.3) is 0 Å². The van der Waals surface area contributed by atoms with Gasteiger partial charge in [-0.05, 0) is 18.1 Å². The zero-order valence-corrected chi connectivity index (χ0v) is 17.1. The Morgan fingerprint density at radius 1 is 0.963 bits per heavy atom. The molecular formula is C21H34O6. The highest BCUT2D eigenvalue weighted by atomic mass is 16.5. The van der Waals surface area contributed by atoms with Crippen LogP contribution in [0.4, 0.5) is 0 Å². The SMILES string of the molecule is COC(C)c1ccc(COCC(C)COCC(O)COC(=O)C(C)C)cc1. The summed E-state index contributed by atoms with van der Waals surface area (Å²) in [4.78, 5) is 11.3. The Balaban J connectivity index is 2.15. The maximum Gasteiger partial charge on any atom is 0.308 e. The Hall–Kier alpha value is -1.47. The minimum absolute atomic E-state index is 0.0421. The molecule has 3 atom stereocenters. The third-order valence-corrected chi connectivity index (χ3v) is 4.08. The molecule has 154 valence electrons. The van der Waals surface area contributed by atoms with Crippen molar-refractivity contribution < 1.29 is 28.8 Å². The van der Waals surface area contributed by atoms with Crippen molar-refractivity contribution in [1.29, 1.82) is 0 Å². The van der Waals surface area contributed by atoms with Gasteiger partial charge >= 0.3 is 5.97 Å². The second-order valence-electron chi connectivity index (χ2n) is 7.22. The number of methoxy groups -OCH3 is 1. The Kier molecular flexibility index (Phi) is 11.2. The first-order valence-corrected chi connectivity index (χ1v) is 9.45. The van der Waals surface area contributed by atoms with Crippen LogP contribution in [0, 0.1) is 11.8 Å². The van der Waals surface area contributed by atoms with Gasteiger partial charge in [0.15, 0.2) is 0 Å². The van der Waals surface area contributed by atoms with E-state index >= 15 is 0 Å². The lowest BCUT2D eigenvalue weighted by molar-refractivity contribution is -0.151. The number of esters is 1. The van der Waals surface area contributed by atoms with Gasteiger partial charge in [0.05, 0.1) is 38.4 Å². The van der Waals surface area contributed by atoms with E-state index in [1.165, 1.54) is 0 Å². The van der Waals surface area contributed by atoms with E-state index in [-0.39, 0.29) is 37.1 Å². The van der Waals surface area contributed by atoms with Gasteiger partial charge in [-0.25, -0.2) is 0 Å². The maximum absolute atomic E-state index is 11.3. The van der Waals surface area contributed by atoms with Crippen molar-refractivity contribution >= 4 is 5.97 Å². The molecule has 1 aromatic carbocycles. The summed E-state index contributed by atoms with van der Waals surface area (Å²) in [7, 11) is 1.70. The Morgan fingerprint density at radius 3 is 2.19 bits per heavy atom. The Morgan fingerprint density at radius 2 is 1.59 bits per heavy atom. The Labute approximate surface area is 162 Å². The number of rotatable bonds is 13. The summed E-state index contributed by atoms with van der Waals surface area (Å²) in [6.45, 7) is 9.21. The summed E-state index contributed by atoms with van der Waals surface area (Å²) in [6, 6.07) is 8.18. The molecule has 0 heterocycles. The van der Waals surface area contributed by atoms with E-state index in [0.29, 0.717) is 19.8 Å². The van der Waals surface area contributed by atoms with E-state index in [0.717, 1.165) is 11.1 Å². The van der Waals surface area contributed by atoms with Gasteiger partial charge in [0.2, 0.25) is 0 Å². The quantitative estimate of drug-likeness (QED) is 0.529. The van der Waals surface area contributed by atoms with Gasteiger partial charge in [-0.15, -0.1) is 0 Å². The molecule has 0 spiro atoms. The predicted octanol–water partition coefficient (Wildman–Crippen LogP) is 3.12. The average Bonchev–Trinajstić information content (AvgIpc) is 2.65. The van der Waals surface area contributed by atoms with Gasteiger partial charge in [-0.3, -0.25) is 4.79 Å². The molecule has 27 heavy (non-hydrogen) atoms. The predicted molar refractivity (Wildman–Crippen MR) is 103 cm³/mol. The van der Waals surface area contributed by atoms with Crippen LogP contribution in [0.1, 0.15) is 44.9 Å². The van der Waals surface area contributed by atoms with Crippen LogP contribution >= 0.6 is 0 Å². The molecule has 0 aromatic heterocycles. The van der Waals surface area contributed by atoms with Crippen LogP contribution in [0.3, 0.4) is 0 Å². The van der Waals surface area contributed by atoms with Crippen molar-refractivity contribution in [3.05, 3.63) is 35.4 Å². The number of hydrogen-bond donors (Lipinski definition) is 1. The van der Waals surface area contributed by atoms with Gasteiger partial charge in [0.25, 0.3) is 0 Å². The molecule has 0 aliphatic carbocycles. The number of benzene rings is 1. The lowest BCUT2D eigenvalue weighted by atomic mass is 10.1. The molecule has 0 saturated carbocycles. The molecule has 1 aromatic rings. The summed E-state index contributed by atoms with van der Waals surface area (Å²) >= 11 is 0. The minimum Gasteiger partial charge on any atom is -0.463 e. The molecule has 1 N–H and O–H groups in total. The first kappa shape index (κ1) is 23.6. The normalized spacial score (nSPS) is 14.8. The van der Waals surface area contributed by atoms with Crippen molar-refractivity contribution in [3.8, 4) is 0 Å². The number of aliphatic hydroxyl groups excluding tert-OH is 1. The summed E-state index contributed by atoms with van der Waals surface area (Å²) in [5.74, 6) is -0.321. The van der Waals surface area contributed by atoms with Gasteiger partial charge in [-0.2, -0.15) is 0 Å². The number of carbonyl (C=O) groups is 1. The van der Waals surface area contributed by atoms with Gasteiger partial charge in [0, 0.05) is 13.0 Å². The third-order valence-electron chi connectivity index (χ3n) is 4.08. The van der Waals surface area contributed by atoms with Crippen molar-refractivity contribution in [1.82, 2.24) is 0 Å². The molecular weight excluding hydrogens is 348 g/mol. The van der Waals surface area contributed by atoms with Crippen LogP contribution in [0.15, 0.2) is 24.3 Å². The fraction of sp³-hybridized carbons (Fsp3) is 0.667. The van der Waals surface area contributed by atoms with Crippen LogP contribution in [0.2, 0.25) is 0 Å². The van der Waals surface area contributed by atoms with Gasteiger partial charge in [-0.1, -0.05) is 45.0 Å². The third kappa shape index (κ3) is 9.86. The lowest BCUT2D eigenvalue weighted by Crippen LogP contribution is -2.26. The lowest BCUT2D eigenvalue weighted by Gasteiger charge is -2.16. The first-order chi connectivity index (χ1) is 12.8. The van der Waals surface area contributed by atoms with Gasteiger partial charge < -0.3 is 24.1 Å². The standard InChI is InChI=1S/C21H34O6/c1-15(2)21(23)27-14-20(22)13-26-11-16(3)10-25-12-18-6-8-19(9-7-18)17(4)24-5/h6-9,15-17,20,22H,10-14H2,1-5H3. The molecule has 1 rings (SSSR count). The zero-order chi connectivity index (χ0) is 20.2. The second-order valence-corrected chi connectivity index (χ2v) is 7.22. The van der Waals surface area contributed by atoms with E-state index in [4.69, 9.17) is 18.9 Å². The van der Waals surface area contributed by atoms with Gasteiger partial charge in [0.1, 0.15) is 12.7 Å². The van der Waals surface area contributed by atoms with E-state index in [1.54, 1.807) is 21.0 Å². The molecule has 0 radical (unpaired) electrons. The number of ether oxygens (including phenoxy) is 4. The summed E-state index contributed by atoms with van der Waals surface area (Å²) in [5, 5.41) is 9.75.